The summed E-state index contributed by atoms with van der Waals surface area (Å²) in [6, 6.07) is 7.38. The van der Waals surface area contributed by atoms with Crippen molar-refractivity contribution in [3.05, 3.63) is 63.8 Å². The van der Waals surface area contributed by atoms with E-state index in [0.717, 1.165) is 12.8 Å². The molecule has 0 spiro atoms. The molecule has 1 aromatic carbocycles. The van der Waals surface area contributed by atoms with Crippen LogP contribution >= 0.6 is 0 Å². The van der Waals surface area contributed by atoms with Gasteiger partial charge in [-0.15, -0.1) is 0 Å². The van der Waals surface area contributed by atoms with E-state index in [1.54, 1.807) is 24.1 Å². The molecule has 0 bridgehead atoms. The van der Waals surface area contributed by atoms with Gasteiger partial charge in [-0.05, 0) is 69.8 Å². The second-order valence-corrected chi connectivity index (χ2v) is 7.82. The highest BCUT2D eigenvalue weighted by Gasteiger charge is 2.26. The van der Waals surface area contributed by atoms with Gasteiger partial charge >= 0.3 is 0 Å². The van der Waals surface area contributed by atoms with Crippen LogP contribution in [0.25, 0.3) is 5.69 Å². The molecule has 1 N–H and O–H groups in total. The van der Waals surface area contributed by atoms with Crippen molar-refractivity contribution in [2.45, 2.75) is 25.9 Å². The van der Waals surface area contributed by atoms with Crippen molar-refractivity contribution in [1.82, 2.24) is 14.4 Å². The monoisotopic (exact) mass is 447 g/mol. The topological polar surface area (TPSA) is 92.1 Å². The Hall–Kier alpha value is -3.04. The lowest BCUT2D eigenvalue weighted by molar-refractivity contribution is -0.122. The van der Waals surface area contributed by atoms with Gasteiger partial charge in [0.05, 0.1) is 6.10 Å². The lowest BCUT2D eigenvalue weighted by Crippen LogP contribution is -2.44. The summed E-state index contributed by atoms with van der Waals surface area (Å²) in [7, 11) is 3.90. The van der Waals surface area contributed by atoms with E-state index in [2.05, 4.69) is 0 Å². The standard InChI is InChI=1S/C22H28FN3O3.CH2O2/c1-16-10-11-26(18-8-6-17(23)7-9-18)22(28)20(16)21(27)25(13-12-24(2)3)15-19-5-4-14-29-19;2-1-3/h6-11,19H,4-5,12-15H2,1-3H3;1H,(H,2,3). The van der Waals surface area contributed by atoms with E-state index < -0.39 is 5.56 Å². The normalized spacial score (nSPS) is 15.2. The molecular formula is C23H30FN3O5. The van der Waals surface area contributed by atoms with E-state index in [9.17, 15) is 14.0 Å². The largest absolute Gasteiger partial charge is 0.483 e. The van der Waals surface area contributed by atoms with E-state index in [4.69, 9.17) is 14.6 Å². The number of likely N-dealkylation sites (N-methyl/N-ethyl adjacent to an activating group) is 1. The van der Waals surface area contributed by atoms with E-state index >= 15 is 0 Å². The number of carboxylic acid groups (broad SMARTS) is 1. The van der Waals surface area contributed by atoms with Crippen LogP contribution < -0.4 is 5.56 Å². The first-order valence-electron chi connectivity index (χ1n) is 10.4. The van der Waals surface area contributed by atoms with Gasteiger partial charge in [-0.3, -0.25) is 19.0 Å². The lowest BCUT2D eigenvalue weighted by atomic mass is 10.1. The molecule has 174 valence electrons. The number of rotatable bonds is 7. The molecule has 1 saturated heterocycles. The van der Waals surface area contributed by atoms with Crippen LogP contribution in [0, 0.1) is 12.7 Å². The third-order valence-electron chi connectivity index (χ3n) is 5.17. The molecular weight excluding hydrogens is 417 g/mol. The fraction of sp³-hybridized carbons (Fsp3) is 0.435. The molecule has 0 radical (unpaired) electrons. The summed E-state index contributed by atoms with van der Waals surface area (Å²) in [5.41, 5.74) is 0.891. The van der Waals surface area contributed by atoms with Crippen LogP contribution in [0.1, 0.15) is 28.8 Å². The number of carbonyl (C=O) groups excluding carboxylic acids is 1. The number of hydrogen-bond donors (Lipinski definition) is 1. The van der Waals surface area contributed by atoms with Crippen molar-refractivity contribution in [2.24, 2.45) is 0 Å². The second-order valence-electron chi connectivity index (χ2n) is 7.82. The number of nitrogens with zero attached hydrogens (tertiary/aromatic N) is 3. The van der Waals surface area contributed by atoms with Gasteiger partial charge in [0.2, 0.25) is 0 Å². The minimum absolute atomic E-state index is 0.00412. The van der Waals surface area contributed by atoms with E-state index in [-0.39, 0.29) is 29.9 Å². The molecule has 1 atom stereocenters. The van der Waals surface area contributed by atoms with E-state index in [0.29, 0.717) is 37.5 Å². The Morgan fingerprint density at radius 1 is 1.25 bits per heavy atom. The Balaban J connectivity index is 0.00000114. The number of benzene rings is 1. The molecule has 9 heteroatoms. The molecule has 0 saturated carbocycles. The molecule has 2 heterocycles. The highest BCUT2D eigenvalue weighted by Crippen LogP contribution is 2.16. The number of hydrogen-bond acceptors (Lipinski definition) is 5. The maximum Gasteiger partial charge on any atom is 0.290 e. The van der Waals surface area contributed by atoms with Crippen molar-refractivity contribution in [3.8, 4) is 5.69 Å². The molecule has 1 aliphatic rings. The van der Waals surface area contributed by atoms with Gasteiger partial charge in [0.1, 0.15) is 11.4 Å². The molecule has 1 amide bonds. The summed E-state index contributed by atoms with van der Waals surface area (Å²) >= 11 is 0. The predicted molar refractivity (Wildman–Crippen MR) is 119 cm³/mol. The Bertz CT molecular complexity index is 953. The predicted octanol–water partition coefficient (Wildman–Crippen LogP) is 2.17. The third-order valence-corrected chi connectivity index (χ3v) is 5.17. The summed E-state index contributed by atoms with van der Waals surface area (Å²) in [5.74, 6) is -0.669. The number of carbonyl (C=O) groups is 2. The van der Waals surface area contributed by atoms with E-state index in [1.807, 2.05) is 19.0 Å². The summed E-state index contributed by atoms with van der Waals surface area (Å²) in [6.07, 6.45) is 3.53. The summed E-state index contributed by atoms with van der Waals surface area (Å²) in [4.78, 5) is 38.7. The van der Waals surface area contributed by atoms with Gasteiger partial charge in [0, 0.05) is 38.1 Å². The van der Waals surface area contributed by atoms with Crippen molar-refractivity contribution < 1.29 is 23.8 Å². The first kappa shape index (κ1) is 25.2. The van der Waals surface area contributed by atoms with Gasteiger partial charge in [-0.2, -0.15) is 0 Å². The number of halogens is 1. The Labute approximate surface area is 186 Å². The highest BCUT2D eigenvalue weighted by molar-refractivity contribution is 5.95. The molecule has 2 aromatic rings. The fourth-order valence-corrected chi connectivity index (χ4v) is 3.48. The number of aromatic nitrogens is 1. The second kappa shape index (κ2) is 12.1. The molecule has 0 aliphatic carbocycles. The van der Waals surface area contributed by atoms with Gasteiger partial charge in [-0.1, -0.05) is 0 Å². The zero-order valence-corrected chi connectivity index (χ0v) is 18.7. The zero-order valence-electron chi connectivity index (χ0n) is 18.7. The summed E-state index contributed by atoms with van der Waals surface area (Å²) in [6.45, 7) is 3.89. The van der Waals surface area contributed by atoms with Crippen LogP contribution in [-0.4, -0.2) is 78.3 Å². The Kier molecular flexibility index (Phi) is 9.55. The van der Waals surface area contributed by atoms with Crippen LogP contribution in [0.15, 0.2) is 41.3 Å². The van der Waals surface area contributed by atoms with Crippen LogP contribution in [0.3, 0.4) is 0 Å². The first-order valence-corrected chi connectivity index (χ1v) is 10.4. The summed E-state index contributed by atoms with van der Waals surface area (Å²) in [5, 5.41) is 6.89. The molecule has 1 unspecified atom stereocenters. The van der Waals surface area contributed by atoms with Crippen molar-refractivity contribution in [3.63, 3.8) is 0 Å². The van der Waals surface area contributed by atoms with Crippen LogP contribution in [0.5, 0.6) is 0 Å². The van der Waals surface area contributed by atoms with Crippen LogP contribution in [-0.2, 0) is 9.53 Å². The van der Waals surface area contributed by atoms with Gasteiger partial charge in [0.25, 0.3) is 17.9 Å². The minimum Gasteiger partial charge on any atom is -0.483 e. The number of ether oxygens (including phenoxy) is 1. The molecule has 1 aromatic heterocycles. The quantitative estimate of drug-likeness (QED) is 0.654. The maximum atomic E-state index is 13.4. The van der Waals surface area contributed by atoms with Crippen LogP contribution in [0.2, 0.25) is 0 Å². The average molecular weight is 448 g/mol. The van der Waals surface area contributed by atoms with Gasteiger partial charge in [0.15, 0.2) is 0 Å². The number of amides is 1. The van der Waals surface area contributed by atoms with Gasteiger partial charge < -0.3 is 19.6 Å². The number of aryl methyl sites for hydroxylation is 1. The number of pyridine rings is 1. The average Bonchev–Trinajstić information content (AvgIpc) is 3.26. The zero-order chi connectivity index (χ0) is 23.7. The van der Waals surface area contributed by atoms with Crippen molar-refractivity contribution >= 4 is 12.4 Å². The fourth-order valence-electron chi connectivity index (χ4n) is 3.48. The van der Waals surface area contributed by atoms with E-state index in [1.165, 1.54) is 28.8 Å². The SMILES string of the molecule is Cc1ccn(-c2ccc(F)cc2)c(=O)c1C(=O)N(CCN(C)C)CC1CCCO1.O=CO. The molecule has 8 nitrogen and oxygen atoms in total. The molecule has 3 rings (SSSR count). The summed E-state index contributed by atoms with van der Waals surface area (Å²) < 4.78 is 20.4. The highest BCUT2D eigenvalue weighted by atomic mass is 19.1. The lowest BCUT2D eigenvalue weighted by Gasteiger charge is -2.27. The smallest absolute Gasteiger partial charge is 0.290 e. The third kappa shape index (κ3) is 6.73. The molecule has 1 aliphatic heterocycles. The van der Waals surface area contributed by atoms with Gasteiger partial charge in [-0.25, -0.2) is 4.39 Å². The Morgan fingerprint density at radius 2 is 1.91 bits per heavy atom. The van der Waals surface area contributed by atoms with Crippen molar-refractivity contribution in [2.75, 3.05) is 40.3 Å². The maximum absolute atomic E-state index is 13.4. The first-order chi connectivity index (χ1) is 15.3. The van der Waals surface area contributed by atoms with Crippen molar-refractivity contribution in [1.29, 1.82) is 0 Å². The minimum atomic E-state index is -0.399. The molecule has 32 heavy (non-hydrogen) atoms. The van der Waals surface area contributed by atoms with Crippen LogP contribution in [0.4, 0.5) is 4.39 Å². The Morgan fingerprint density at radius 3 is 2.47 bits per heavy atom. The molecule has 1 fully saturated rings.